The molecule has 0 atom stereocenters. The van der Waals surface area contributed by atoms with Gasteiger partial charge in [0.15, 0.2) is 25.7 Å². The van der Waals surface area contributed by atoms with E-state index in [4.69, 9.17) is 28.2 Å². The molecule has 0 amide bonds. The van der Waals surface area contributed by atoms with Gasteiger partial charge < -0.3 is 28.2 Å². The van der Waals surface area contributed by atoms with Gasteiger partial charge in [0, 0.05) is 13.2 Å². The maximum atomic E-state index is 8.51. The SMILES string of the molecule is C.C.C=CCOCCO.CCO[Si](C)(C)C.C[SiH](C)O[Si](C)(C)CCCOCCO. The van der Waals surface area contributed by atoms with Crippen molar-refractivity contribution in [3.63, 3.8) is 0 Å². The fourth-order valence-corrected chi connectivity index (χ4v) is 9.57. The number of hydrogen-bond donors (Lipinski definition) is 2. The van der Waals surface area contributed by atoms with Crippen LogP contribution in [0.2, 0.25) is 51.9 Å². The molecule has 0 aliphatic carbocycles. The van der Waals surface area contributed by atoms with Crippen LogP contribution in [-0.2, 0) is 18.0 Å². The van der Waals surface area contributed by atoms with E-state index >= 15 is 0 Å². The summed E-state index contributed by atoms with van der Waals surface area (Å²) in [6, 6.07) is 1.16. The highest BCUT2D eigenvalue weighted by atomic mass is 28.4. The van der Waals surface area contributed by atoms with Gasteiger partial charge in [-0.25, -0.2) is 0 Å². The monoisotopic (exact) mass is 488 g/mol. The lowest BCUT2D eigenvalue weighted by atomic mass is 10.5. The van der Waals surface area contributed by atoms with Gasteiger partial charge in [0.05, 0.1) is 33.0 Å². The fourth-order valence-electron chi connectivity index (χ4n) is 2.13. The zero-order valence-electron chi connectivity index (χ0n) is 19.8. The number of aliphatic hydroxyl groups excluding tert-OH is 2. The van der Waals surface area contributed by atoms with E-state index in [9.17, 15) is 0 Å². The summed E-state index contributed by atoms with van der Waals surface area (Å²) < 4.78 is 21.4. The zero-order valence-corrected chi connectivity index (χ0v) is 22.9. The van der Waals surface area contributed by atoms with Crippen LogP contribution in [0.5, 0.6) is 0 Å². The van der Waals surface area contributed by atoms with Gasteiger partial charge >= 0.3 is 0 Å². The molecule has 0 saturated carbocycles. The molecule has 0 aliphatic heterocycles. The highest BCUT2D eigenvalue weighted by Crippen LogP contribution is 2.14. The molecule has 9 heteroatoms. The van der Waals surface area contributed by atoms with Crippen molar-refractivity contribution in [2.75, 3.05) is 46.2 Å². The van der Waals surface area contributed by atoms with Crippen molar-refractivity contribution >= 4 is 25.7 Å². The first-order valence-electron chi connectivity index (χ1n) is 10.3. The van der Waals surface area contributed by atoms with Gasteiger partial charge in [-0.3, -0.25) is 0 Å². The van der Waals surface area contributed by atoms with Crippen molar-refractivity contribution in [2.45, 2.75) is 80.1 Å². The van der Waals surface area contributed by atoms with Gasteiger partial charge in [0.2, 0.25) is 0 Å². The van der Waals surface area contributed by atoms with Crippen molar-refractivity contribution in [1.29, 1.82) is 0 Å². The molecule has 0 fully saturated rings. The molecule has 0 spiro atoms. The summed E-state index contributed by atoms with van der Waals surface area (Å²) in [4.78, 5) is 0. The minimum absolute atomic E-state index is 0. The normalized spacial score (nSPS) is 10.6. The predicted molar refractivity (Wildman–Crippen MR) is 141 cm³/mol. The Bertz CT molecular complexity index is 324. The molecule has 0 bridgehead atoms. The first-order valence-corrected chi connectivity index (χ1v) is 19.6. The van der Waals surface area contributed by atoms with Crippen molar-refractivity contribution < 1.29 is 28.2 Å². The molecule has 0 unspecified atom stereocenters. The summed E-state index contributed by atoms with van der Waals surface area (Å²) in [5.41, 5.74) is 0. The third-order valence-electron chi connectivity index (χ3n) is 2.91. The lowest BCUT2D eigenvalue weighted by Crippen LogP contribution is -2.35. The maximum Gasteiger partial charge on any atom is 0.183 e. The fraction of sp³-hybridized carbons (Fsp3) is 0.905. The molecule has 0 aliphatic rings. The molecule has 0 aromatic carbocycles. The van der Waals surface area contributed by atoms with E-state index in [1.165, 1.54) is 0 Å². The Kier molecular flexibility index (Phi) is 36.7. The quantitative estimate of drug-likeness (QED) is 0.206. The molecule has 0 rings (SSSR count). The third kappa shape index (κ3) is 46.4. The highest BCUT2D eigenvalue weighted by Gasteiger charge is 2.22. The van der Waals surface area contributed by atoms with Gasteiger partial charge in [-0.2, -0.15) is 0 Å². The molecule has 0 aromatic rings. The van der Waals surface area contributed by atoms with Crippen molar-refractivity contribution in [3.8, 4) is 0 Å². The van der Waals surface area contributed by atoms with Crippen molar-refractivity contribution in [2.24, 2.45) is 0 Å². The second-order valence-electron chi connectivity index (χ2n) is 8.00. The molecule has 188 valence electrons. The molecule has 2 N–H and O–H groups in total. The molecule has 0 saturated heterocycles. The summed E-state index contributed by atoms with van der Waals surface area (Å²) in [6.07, 6.45) is 2.70. The van der Waals surface area contributed by atoms with Gasteiger partial charge in [-0.15, -0.1) is 6.58 Å². The number of hydrogen-bond acceptors (Lipinski definition) is 6. The van der Waals surface area contributed by atoms with E-state index in [-0.39, 0.29) is 28.1 Å². The zero-order chi connectivity index (χ0) is 22.5. The number of rotatable bonds is 14. The Morgan fingerprint density at radius 1 is 0.900 bits per heavy atom. The average Bonchev–Trinajstić information content (AvgIpc) is 2.54. The highest BCUT2D eigenvalue weighted by molar-refractivity contribution is 6.77. The van der Waals surface area contributed by atoms with Crippen LogP contribution in [0, 0.1) is 0 Å². The Labute approximate surface area is 193 Å². The molecule has 6 nitrogen and oxygen atoms in total. The van der Waals surface area contributed by atoms with E-state index < -0.39 is 25.7 Å². The van der Waals surface area contributed by atoms with E-state index in [2.05, 4.69) is 52.4 Å². The number of aliphatic hydroxyl groups is 2. The van der Waals surface area contributed by atoms with Crippen LogP contribution in [0.1, 0.15) is 28.2 Å². The molecule has 0 radical (unpaired) electrons. The van der Waals surface area contributed by atoms with Crippen LogP contribution in [0.4, 0.5) is 0 Å². The van der Waals surface area contributed by atoms with Crippen molar-refractivity contribution in [3.05, 3.63) is 12.7 Å². The van der Waals surface area contributed by atoms with E-state index in [1.54, 1.807) is 6.08 Å². The largest absolute Gasteiger partial charge is 0.458 e. The Hall–Kier alpha value is 0.151. The second kappa shape index (κ2) is 27.2. The van der Waals surface area contributed by atoms with Gasteiger partial charge in [-0.1, -0.05) is 20.9 Å². The van der Waals surface area contributed by atoms with Crippen LogP contribution < -0.4 is 0 Å². The van der Waals surface area contributed by atoms with E-state index in [1.807, 2.05) is 6.92 Å². The molecule has 0 heterocycles. The number of ether oxygens (including phenoxy) is 2. The summed E-state index contributed by atoms with van der Waals surface area (Å²) in [5.74, 6) is 0. The van der Waals surface area contributed by atoms with Crippen LogP contribution >= 0.6 is 0 Å². The second-order valence-corrected chi connectivity index (χ2v) is 19.6. The standard InChI is InChI=1S/C9H24O3Si2.C5H10O2.C5H14OSi.2CH4/c1-13(2)12-14(3,4)9-5-7-11-8-6-10;1-2-4-7-5-3-6;1-5-6-7(2,3)4;;/h10,13H,5-9H2,1-4H3;2,6H,1,3-5H2;5H2,1-4H3;2*1H4. The van der Waals surface area contributed by atoms with Crippen LogP contribution in [0.25, 0.3) is 0 Å². The Balaban J connectivity index is -0.000000111. The minimum atomic E-state index is -1.41. The summed E-state index contributed by atoms with van der Waals surface area (Å²) >= 11 is 0. The van der Waals surface area contributed by atoms with E-state index in [0.29, 0.717) is 19.8 Å². The first-order chi connectivity index (χ1) is 13.0. The van der Waals surface area contributed by atoms with Crippen LogP contribution in [-0.4, -0.2) is 82.1 Å². The predicted octanol–water partition coefficient (Wildman–Crippen LogP) is 4.90. The van der Waals surface area contributed by atoms with Crippen LogP contribution in [0.3, 0.4) is 0 Å². The van der Waals surface area contributed by atoms with Gasteiger partial charge in [0.25, 0.3) is 0 Å². The summed E-state index contributed by atoms with van der Waals surface area (Å²) in [6.45, 7) is 24.2. The van der Waals surface area contributed by atoms with Crippen molar-refractivity contribution in [1.82, 2.24) is 0 Å². The summed E-state index contributed by atoms with van der Waals surface area (Å²) in [5, 5.41) is 16.6. The smallest absolute Gasteiger partial charge is 0.183 e. The summed E-state index contributed by atoms with van der Waals surface area (Å²) in [7, 11) is -3.44. The molecule has 0 aromatic heterocycles. The first kappa shape index (κ1) is 40.5. The third-order valence-corrected chi connectivity index (χ3v) is 10.1. The minimum Gasteiger partial charge on any atom is -0.458 e. The topological polar surface area (TPSA) is 77.4 Å². The average molecular weight is 489 g/mol. The lowest BCUT2D eigenvalue weighted by Gasteiger charge is -2.25. The lowest BCUT2D eigenvalue weighted by molar-refractivity contribution is 0.0924. The Morgan fingerprint density at radius 2 is 1.40 bits per heavy atom. The van der Waals surface area contributed by atoms with Gasteiger partial charge in [-0.05, 0) is 65.2 Å². The Morgan fingerprint density at radius 3 is 1.73 bits per heavy atom. The molecule has 30 heavy (non-hydrogen) atoms. The molecular weight excluding hydrogens is 432 g/mol. The van der Waals surface area contributed by atoms with E-state index in [0.717, 1.165) is 25.7 Å². The van der Waals surface area contributed by atoms with Crippen LogP contribution in [0.15, 0.2) is 12.7 Å². The maximum absolute atomic E-state index is 8.51. The molecular formula is C21H56O6Si3. The van der Waals surface area contributed by atoms with Gasteiger partial charge in [0.1, 0.15) is 0 Å².